The summed E-state index contributed by atoms with van der Waals surface area (Å²) in [5.74, 6) is 1.81. The molecule has 0 spiro atoms. The molecule has 0 radical (unpaired) electrons. The van der Waals surface area contributed by atoms with Gasteiger partial charge in [0.25, 0.3) is 0 Å². The van der Waals surface area contributed by atoms with Crippen molar-refractivity contribution in [2.45, 2.75) is 19.3 Å². The first kappa shape index (κ1) is 22.2. The first-order chi connectivity index (χ1) is 19.1. The minimum atomic E-state index is -0.0677. The van der Waals surface area contributed by atoms with E-state index in [-0.39, 0.29) is 5.41 Å². The Morgan fingerprint density at radius 3 is 2.08 bits per heavy atom. The summed E-state index contributed by atoms with van der Waals surface area (Å²) in [7, 11) is 0. The zero-order valence-electron chi connectivity index (χ0n) is 22.0. The van der Waals surface area contributed by atoms with Crippen LogP contribution >= 0.6 is 0 Å². The molecule has 0 aromatic heterocycles. The molecular formula is C37H27NO. The molecule has 0 unspecified atom stereocenters. The number of ether oxygens (including phenoxy) is 1. The predicted octanol–water partition coefficient (Wildman–Crippen LogP) is 10.4. The fraction of sp³-hybridized carbons (Fsp3) is 0.0811. The second kappa shape index (κ2) is 8.09. The third-order valence-electron chi connectivity index (χ3n) is 8.46. The van der Waals surface area contributed by atoms with Crippen LogP contribution in [0.4, 0.5) is 17.1 Å². The Kier molecular flexibility index (Phi) is 4.60. The highest BCUT2D eigenvalue weighted by molar-refractivity contribution is 6.11. The van der Waals surface area contributed by atoms with E-state index in [1.165, 1.54) is 33.2 Å². The second-order valence-electron chi connectivity index (χ2n) is 11.0. The molecule has 0 atom stereocenters. The van der Waals surface area contributed by atoms with E-state index in [9.17, 15) is 0 Å². The van der Waals surface area contributed by atoms with Crippen molar-refractivity contribution < 1.29 is 4.74 Å². The standard InChI is InChI=1S/C37H27NO/c1-37(2)31-16-8-6-13-26(31)27-20-19-25(23-32(27)37)38(24-11-4-3-5-12-24)33-22-21-29-28-14-7-9-17-34(28)39-35-18-10-15-30(33)36(29)35/h3-23H,1-2H3. The molecule has 0 saturated heterocycles. The topological polar surface area (TPSA) is 12.5 Å². The fourth-order valence-electron chi connectivity index (χ4n) is 6.59. The third kappa shape index (κ3) is 3.15. The smallest absolute Gasteiger partial charge is 0.135 e. The van der Waals surface area contributed by atoms with Crippen LogP contribution in [0, 0.1) is 0 Å². The maximum absolute atomic E-state index is 6.40. The molecule has 1 aliphatic carbocycles. The van der Waals surface area contributed by atoms with Crippen LogP contribution in [0.5, 0.6) is 11.5 Å². The van der Waals surface area contributed by atoms with Gasteiger partial charge in [0.2, 0.25) is 0 Å². The first-order valence-corrected chi connectivity index (χ1v) is 13.5. The van der Waals surface area contributed by atoms with E-state index >= 15 is 0 Å². The molecule has 0 bridgehead atoms. The Bertz CT molecular complexity index is 1920. The lowest BCUT2D eigenvalue weighted by Gasteiger charge is -2.30. The van der Waals surface area contributed by atoms with Gasteiger partial charge in [-0.15, -0.1) is 0 Å². The number of nitrogens with zero attached hydrogens (tertiary/aromatic N) is 1. The number of para-hydroxylation sites is 2. The van der Waals surface area contributed by atoms with Gasteiger partial charge in [-0.2, -0.15) is 0 Å². The Morgan fingerprint density at radius 1 is 0.513 bits per heavy atom. The number of benzene rings is 6. The minimum Gasteiger partial charge on any atom is -0.456 e. The van der Waals surface area contributed by atoms with Crippen molar-refractivity contribution in [3.8, 4) is 33.8 Å². The Morgan fingerprint density at radius 2 is 1.21 bits per heavy atom. The van der Waals surface area contributed by atoms with Gasteiger partial charge in [-0.3, -0.25) is 0 Å². The molecule has 1 aliphatic heterocycles. The molecule has 2 heteroatoms. The van der Waals surface area contributed by atoms with Gasteiger partial charge in [0.15, 0.2) is 0 Å². The summed E-state index contributed by atoms with van der Waals surface area (Å²) in [5.41, 5.74) is 11.1. The summed E-state index contributed by atoms with van der Waals surface area (Å²) in [4.78, 5) is 2.39. The maximum Gasteiger partial charge on any atom is 0.135 e. The number of hydrogen-bond donors (Lipinski definition) is 0. The van der Waals surface area contributed by atoms with Gasteiger partial charge in [0, 0.05) is 33.1 Å². The normalized spacial score (nSPS) is 13.8. The average molecular weight is 502 g/mol. The van der Waals surface area contributed by atoms with E-state index < -0.39 is 0 Å². The summed E-state index contributed by atoms with van der Waals surface area (Å²) in [5, 5.41) is 2.33. The van der Waals surface area contributed by atoms with Crippen LogP contribution in [0.1, 0.15) is 25.0 Å². The van der Waals surface area contributed by atoms with Crippen molar-refractivity contribution in [2.24, 2.45) is 0 Å². The van der Waals surface area contributed by atoms with E-state index in [0.29, 0.717) is 0 Å². The largest absolute Gasteiger partial charge is 0.456 e. The Balaban J connectivity index is 1.38. The summed E-state index contributed by atoms with van der Waals surface area (Å²) in [6, 6.07) is 45.7. The molecule has 186 valence electrons. The van der Waals surface area contributed by atoms with Crippen LogP contribution < -0.4 is 9.64 Å². The van der Waals surface area contributed by atoms with Crippen molar-refractivity contribution in [2.75, 3.05) is 4.90 Å². The van der Waals surface area contributed by atoms with E-state index in [1.54, 1.807) is 0 Å². The SMILES string of the molecule is CC1(C)c2ccccc2-c2ccc(N(c3ccccc3)c3ccc4c5c(cccc35)Oc3ccccc3-4)cc21. The lowest BCUT2D eigenvalue weighted by molar-refractivity contribution is 0.487. The summed E-state index contributed by atoms with van der Waals surface area (Å²) >= 11 is 0. The van der Waals surface area contributed by atoms with Crippen LogP contribution in [-0.4, -0.2) is 0 Å². The molecule has 2 nitrogen and oxygen atoms in total. The minimum absolute atomic E-state index is 0.0677. The van der Waals surface area contributed by atoms with Crippen LogP contribution in [0.25, 0.3) is 33.0 Å². The second-order valence-corrected chi connectivity index (χ2v) is 11.0. The first-order valence-electron chi connectivity index (χ1n) is 13.5. The Labute approximate surface area is 228 Å². The summed E-state index contributed by atoms with van der Waals surface area (Å²) < 4.78 is 6.40. The number of fused-ring (bicyclic) bond motifs is 5. The van der Waals surface area contributed by atoms with Gasteiger partial charge >= 0.3 is 0 Å². The highest BCUT2D eigenvalue weighted by atomic mass is 16.5. The molecule has 0 amide bonds. The molecule has 2 aliphatic rings. The molecular weight excluding hydrogens is 474 g/mol. The monoisotopic (exact) mass is 501 g/mol. The molecule has 0 fully saturated rings. The van der Waals surface area contributed by atoms with Crippen molar-refractivity contribution in [1.29, 1.82) is 0 Å². The van der Waals surface area contributed by atoms with Crippen molar-refractivity contribution in [3.05, 3.63) is 139 Å². The third-order valence-corrected chi connectivity index (χ3v) is 8.46. The van der Waals surface area contributed by atoms with Gasteiger partial charge in [0.05, 0.1) is 5.69 Å². The van der Waals surface area contributed by atoms with Crippen molar-refractivity contribution in [1.82, 2.24) is 0 Å². The van der Waals surface area contributed by atoms with Gasteiger partial charge in [0.1, 0.15) is 11.5 Å². The van der Waals surface area contributed by atoms with Crippen molar-refractivity contribution >= 4 is 27.8 Å². The maximum atomic E-state index is 6.40. The zero-order chi connectivity index (χ0) is 26.1. The highest BCUT2D eigenvalue weighted by Gasteiger charge is 2.36. The van der Waals surface area contributed by atoms with Gasteiger partial charge in [-0.05, 0) is 70.3 Å². The number of rotatable bonds is 3. The highest BCUT2D eigenvalue weighted by Crippen LogP contribution is 2.53. The summed E-state index contributed by atoms with van der Waals surface area (Å²) in [6.07, 6.45) is 0. The van der Waals surface area contributed by atoms with Crippen LogP contribution in [0.15, 0.2) is 127 Å². The molecule has 8 rings (SSSR count). The average Bonchev–Trinajstić information content (AvgIpc) is 3.21. The molecule has 6 aromatic carbocycles. The molecule has 39 heavy (non-hydrogen) atoms. The van der Waals surface area contributed by atoms with Crippen molar-refractivity contribution in [3.63, 3.8) is 0 Å². The van der Waals surface area contributed by atoms with Gasteiger partial charge in [-0.25, -0.2) is 0 Å². The van der Waals surface area contributed by atoms with E-state index in [4.69, 9.17) is 4.74 Å². The Hall–Kier alpha value is -4.82. The van der Waals surface area contributed by atoms with Crippen LogP contribution in [0.2, 0.25) is 0 Å². The van der Waals surface area contributed by atoms with Gasteiger partial charge < -0.3 is 9.64 Å². The lowest BCUT2D eigenvalue weighted by Crippen LogP contribution is -2.16. The molecule has 0 N–H and O–H groups in total. The van der Waals surface area contributed by atoms with E-state index in [1.807, 2.05) is 12.1 Å². The predicted molar refractivity (Wildman–Crippen MR) is 162 cm³/mol. The molecule has 0 saturated carbocycles. The molecule has 1 heterocycles. The van der Waals surface area contributed by atoms with Crippen LogP contribution in [-0.2, 0) is 5.41 Å². The van der Waals surface area contributed by atoms with E-state index in [2.05, 4.69) is 134 Å². The number of anilines is 3. The summed E-state index contributed by atoms with van der Waals surface area (Å²) in [6.45, 7) is 4.68. The molecule has 6 aromatic rings. The quantitative estimate of drug-likeness (QED) is 0.239. The lowest BCUT2D eigenvalue weighted by atomic mass is 9.82. The number of hydrogen-bond acceptors (Lipinski definition) is 2. The fourth-order valence-corrected chi connectivity index (χ4v) is 6.59. The van der Waals surface area contributed by atoms with Gasteiger partial charge in [-0.1, -0.05) is 98.8 Å². The zero-order valence-corrected chi connectivity index (χ0v) is 22.0. The van der Waals surface area contributed by atoms with E-state index in [0.717, 1.165) is 39.5 Å². The van der Waals surface area contributed by atoms with Crippen LogP contribution in [0.3, 0.4) is 0 Å².